The minimum absolute atomic E-state index is 0.817. The summed E-state index contributed by atoms with van der Waals surface area (Å²) >= 11 is 1.69. The van der Waals surface area contributed by atoms with Gasteiger partial charge in [-0.05, 0) is 17.7 Å². The number of fused-ring (bicyclic) bond motifs is 1. The number of anilines is 1. The van der Waals surface area contributed by atoms with Crippen LogP contribution in [-0.2, 0) is 4.74 Å². The van der Waals surface area contributed by atoms with Gasteiger partial charge < -0.3 is 14.8 Å². The number of nitrogens with zero attached hydrogens (tertiary/aromatic N) is 2. The van der Waals surface area contributed by atoms with Crippen LogP contribution in [0, 0.1) is 0 Å². The van der Waals surface area contributed by atoms with Gasteiger partial charge in [-0.2, -0.15) is 0 Å². The number of benzene rings is 2. The highest BCUT2D eigenvalue weighted by Crippen LogP contribution is 2.39. The van der Waals surface area contributed by atoms with E-state index in [1.165, 1.54) is 11.1 Å². The van der Waals surface area contributed by atoms with Crippen molar-refractivity contribution in [2.45, 2.75) is 0 Å². The highest BCUT2D eigenvalue weighted by Gasteiger charge is 2.15. The number of rotatable bonds is 6. The van der Waals surface area contributed by atoms with E-state index in [2.05, 4.69) is 40.5 Å². The first-order chi connectivity index (χ1) is 12.8. The molecular weight excluding hydrogens is 346 g/mol. The van der Waals surface area contributed by atoms with Crippen LogP contribution in [0.5, 0.6) is 5.75 Å². The summed E-state index contributed by atoms with van der Waals surface area (Å²) in [5.74, 6) is 0.817. The summed E-state index contributed by atoms with van der Waals surface area (Å²) in [6.07, 6.45) is 0. The highest BCUT2D eigenvalue weighted by molar-refractivity contribution is 7.22. The highest BCUT2D eigenvalue weighted by atomic mass is 32.1. The van der Waals surface area contributed by atoms with Gasteiger partial charge >= 0.3 is 0 Å². The summed E-state index contributed by atoms with van der Waals surface area (Å²) in [5, 5.41) is 4.42. The van der Waals surface area contributed by atoms with Gasteiger partial charge in [0.15, 0.2) is 5.13 Å². The molecule has 0 saturated carbocycles. The molecule has 136 valence electrons. The summed E-state index contributed by atoms with van der Waals surface area (Å²) in [5.41, 5.74) is 3.32. The van der Waals surface area contributed by atoms with E-state index in [1.807, 2.05) is 12.1 Å². The molecule has 1 aliphatic rings. The SMILES string of the molecule is COc1ccc(-c2ccccc2)c2sc(NCCN3CCOCC3)nc12. The van der Waals surface area contributed by atoms with Crippen LogP contribution in [0.25, 0.3) is 21.3 Å². The lowest BCUT2D eigenvalue weighted by molar-refractivity contribution is 0.0398. The Hall–Kier alpha value is -2.15. The molecule has 2 heterocycles. The van der Waals surface area contributed by atoms with Crippen LogP contribution in [0.1, 0.15) is 0 Å². The molecule has 0 atom stereocenters. The maximum absolute atomic E-state index is 5.53. The number of hydrogen-bond acceptors (Lipinski definition) is 6. The van der Waals surface area contributed by atoms with Crippen LogP contribution < -0.4 is 10.1 Å². The van der Waals surface area contributed by atoms with Crippen LogP contribution >= 0.6 is 11.3 Å². The van der Waals surface area contributed by atoms with E-state index in [0.717, 1.165) is 60.5 Å². The van der Waals surface area contributed by atoms with Gasteiger partial charge in [0.1, 0.15) is 11.3 Å². The minimum Gasteiger partial charge on any atom is -0.494 e. The molecule has 1 saturated heterocycles. The predicted molar refractivity (Wildman–Crippen MR) is 107 cm³/mol. The molecule has 0 unspecified atom stereocenters. The third-order valence-electron chi connectivity index (χ3n) is 4.62. The van der Waals surface area contributed by atoms with Crippen molar-refractivity contribution >= 4 is 26.7 Å². The van der Waals surface area contributed by atoms with Gasteiger partial charge in [-0.25, -0.2) is 4.98 Å². The molecular formula is C20H23N3O2S. The van der Waals surface area contributed by atoms with Crippen molar-refractivity contribution < 1.29 is 9.47 Å². The smallest absolute Gasteiger partial charge is 0.183 e. The van der Waals surface area contributed by atoms with Gasteiger partial charge in [0, 0.05) is 31.7 Å². The van der Waals surface area contributed by atoms with Crippen molar-refractivity contribution in [3.05, 3.63) is 42.5 Å². The fraction of sp³-hybridized carbons (Fsp3) is 0.350. The summed E-state index contributed by atoms with van der Waals surface area (Å²) in [4.78, 5) is 7.21. The van der Waals surface area contributed by atoms with Crippen LogP contribution in [0.4, 0.5) is 5.13 Å². The molecule has 6 heteroatoms. The van der Waals surface area contributed by atoms with Gasteiger partial charge in [-0.15, -0.1) is 0 Å². The number of nitrogens with one attached hydrogen (secondary N) is 1. The van der Waals surface area contributed by atoms with E-state index in [4.69, 9.17) is 14.5 Å². The maximum Gasteiger partial charge on any atom is 0.183 e. The molecule has 2 aromatic carbocycles. The number of hydrogen-bond donors (Lipinski definition) is 1. The molecule has 1 fully saturated rings. The van der Waals surface area contributed by atoms with Crippen molar-refractivity contribution in [1.29, 1.82) is 0 Å². The third kappa shape index (κ3) is 3.67. The number of morpholine rings is 1. The van der Waals surface area contributed by atoms with E-state index in [-0.39, 0.29) is 0 Å². The van der Waals surface area contributed by atoms with Crippen molar-refractivity contribution in [2.75, 3.05) is 51.8 Å². The van der Waals surface area contributed by atoms with Crippen LogP contribution in [0.2, 0.25) is 0 Å². The van der Waals surface area contributed by atoms with E-state index in [1.54, 1.807) is 18.4 Å². The van der Waals surface area contributed by atoms with Crippen LogP contribution in [0.3, 0.4) is 0 Å². The van der Waals surface area contributed by atoms with Crippen molar-refractivity contribution in [3.8, 4) is 16.9 Å². The monoisotopic (exact) mass is 369 g/mol. The first kappa shape index (κ1) is 17.3. The Labute approximate surface area is 157 Å². The molecule has 1 aromatic heterocycles. The number of aromatic nitrogens is 1. The summed E-state index contributed by atoms with van der Waals surface area (Å²) in [7, 11) is 1.70. The molecule has 5 nitrogen and oxygen atoms in total. The Morgan fingerprint density at radius 3 is 2.73 bits per heavy atom. The van der Waals surface area contributed by atoms with E-state index in [9.17, 15) is 0 Å². The molecule has 1 N–H and O–H groups in total. The lowest BCUT2D eigenvalue weighted by Crippen LogP contribution is -2.38. The molecule has 0 amide bonds. The zero-order chi connectivity index (χ0) is 17.8. The number of methoxy groups -OCH3 is 1. The zero-order valence-electron chi connectivity index (χ0n) is 14.9. The van der Waals surface area contributed by atoms with Crippen LogP contribution in [0.15, 0.2) is 42.5 Å². The second kappa shape index (κ2) is 8.03. The average molecular weight is 369 g/mol. The molecule has 0 bridgehead atoms. The Morgan fingerprint density at radius 1 is 1.15 bits per heavy atom. The van der Waals surface area contributed by atoms with Gasteiger partial charge in [0.05, 0.1) is 25.0 Å². The largest absolute Gasteiger partial charge is 0.494 e. The van der Waals surface area contributed by atoms with E-state index in [0.29, 0.717) is 0 Å². The lowest BCUT2D eigenvalue weighted by Gasteiger charge is -2.26. The molecule has 1 aliphatic heterocycles. The number of thiazole rings is 1. The first-order valence-corrected chi connectivity index (χ1v) is 9.74. The zero-order valence-corrected chi connectivity index (χ0v) is 15.7. The fourth-order valence-electron chi connectivity index (χ4n) is 3.21. The normalized spacial score (nSPS) is 15.3. The van der Waals surface area contributed by atoms with Crippen molar-refractivity contribution in [1.82, 2.24) is 9.88 Å². The van der Waals surface area contributed by atoms with Gasteiger partial charge in [0.2, 0.25) is 0 Å². The molecule has 0 spiro atoms. The van der Waals surface area contributed by atoms with Crippen molar-refractivity contribution in [3.63, 3.8) is 0 Å². The predicted octanol–water partition coefficient (Wildman–Crippen LogP) is 3.72. The standard InChI is InChI=1S/C20H23N3O2S/c1-24-17-8-7-16(15-5-3-2-4-6-15)19-18(17)22-20(26-19)21-9-10-23-11-13-25-14-12-23/h2-8H,9-14H2,1H3,(H,21,22). The first-order valence-electron chi connectivity index (χ1n) is 8.92. The average Bonchev–Trinajstić information content (AvgIpc) is 3.13. The maximum atomic E-state index is 5.53. The Morgan fingerprint density at radius 2 is 1.96 bits per heavy atom. The minimum atomic E-state index is 0.817. The Bertz CT molecular complexity index is 860. The van der Waals surface area contributed by atoms with Gasteiger partial charge in [-0.1, -0.05) is 41.7 Å². The topological polar surface area (TPSA) is 46.6 Å². The summed E-state index contributed by atoms with van der Waals surface area (Å²) in [6, 6.07) is 14.5. The summed E-state index contributed by atoms with van der Waals surface area (Å²) in [6.45, 7) is 5.56. The Kier molecular flexibility index (Phi) is 5.34. The lowest BCUT2D eigenvalue weighted by atomic mass is 10.1. The summed E-state index contributed by atoms with van der Waals surface area (Å²) < 4.78 is 12.1. The van der Waals surface area contributed by atoms with Gasteiger partial charge in [0.25, 0.3) is 0 Å². The second-order valence-corrected chi connectivity index (χ2v) is 7.26. The van der Waals surface area contributed by atoms with E-state index >= 15 is 0 Å². The molecule has 0 aliphatic carbocycles. The second-order valence-electron chi connectivity index (χ2n) is 6.26. The van der Waals surface area contributed by atoms with Crippen LogP contribution in [-0.4, -0.2) is 56.4 Å². The molecule has 4 rings (SSSR count). The third-order valence-corrected chi connectivity index (χ3v) is 5.67. The van der Waals surface area contributed by atoms with E-state index < -0.39 is 0 Å². The fourth-order valence-corrected chi connectivity index (χ4v) is 4.26. The number of ether oxygens (including phenoxy) is 2. The molecule has 0 radical (unpaired) electrons. The molecule has 26 heavy (non-hydrogen) atoms. The Balaban J connectivity index is 1.56. The quantitative estimate of drug-likeness (QED) is 0.718. The van der Waals surface area contributed by atoms with Crippen molar-refractivity contribution in [2.24, 2.45) is 0 Å². The van der Waals surface area contributed by atoms with Gasteiger partial charge in [-0.3, -0.25) is 4.90 Å². The molecule has 3 aromatic rings.